The Labute approximate surface area is 187 Å². The summed E-state index contributed by atoms with van der Waals surface area (Å²) in [4.78, 5) is 12.8. The first-order chi connectivity index (χ1) is 14.7. The molecule has 0 aromatic heterocycles. The maximum absolute atomic E-state index is 12.8. The van der Waals surface area contributed by atoms with E-state index in [1.807, 2.05) is 6.92 Å². The number of methoxy groups -OCH3 is 2. The number of sulfonamides is 1. The van der Waals surface area contributed by atoms with Crippen LogP contribution in [-0.4, -0.2) is 48.3 Å². The number of amides is 1. The minimum absolute atomic E-state index is 0.00475. The molecule has 0 saturated heterocycles. The van der Waals surface area contributed by atoms with Gasteiger partial charge in [-0.3, -0.25) is 4.79 Å². The van der Waals surface area contributed by atoms with E-state index in [4.69, 9.17) is 25.8 Å². The third-order valence-corrected chi connectivity index (χ3v) is 6.13. The van der Waals surface area contributed by atoms with Gasteiger partial charge in [0.2, 0.25) is 10.0 Å². The molecular weight excluding hydrogens is 444 g/mol. The maximum Gasteiger partial charge on any atom is 0.251 e. The highest BCUT2D eigenvalue weighted by Gasteiger charge is 2.18. The van der Waals surface area contributed by atoms with E-state index < -0.39 is 15.9 Å². The largest absolute Gasteiger partial charge is 0.493 e. The van der Waals surface area contributed by atoms with Crippen LogP contribution in [0.1, 0.15) is 28.4 Å². The summed E-state index contributed by atoms with van der Waals surface area (Å²) in [5.74, 6) is 0.497. The first-order valence-corrected chi connectivity index (χ1v) is 11.5. The van der Waals surface area contributed by atoms with Crippen molar-refractivity contribution in [2.24, 2.45) is 0 Å². The molecule has 8 nitrogen and oxygen atoms in total. The first-order valence-electron chi connectivity index (χ1n) is 9.60. The fourth-order valence-corrected chi connectivity index (χ4v) is 4.14. The molecule has 2 aromatic carbocycles. The molecule has 2 N–H and O–H groups in total. The molecule has 0 saturated carbocycles. The molecule has 0 aliphatic rings. The quantitative estimate of drug-likeness (QED) is 0.489. The number of hydrogen-bond acceptors (Lipinski definition) is 6. The summed E-state index contributed by atoms with van der Waals surface area (Å²) in [7, 11) is -0.767. The van der Waals surface area contributed by atoms with E-state index in [9.17, 15) is 13.2 Å². The second-order valence-electron chi connectivity index (χ2n) is 6.59. The van der Waals surface area contributed by atoms with Gasteiger partial charge >= 0.3 is 0 Å². The van der Waals surface area contributed by atoms with Crippen LogP contribution in [0.5, 0.6) is 11.5 Å². The first kappa shape index (κ1) is 24.9. The van der Waals surface area contributed by atoms with Gasteiger partial charge in [-0.1, -0.05) is 17.7 Å². The van der Waals surface area contributed by atoms with Gasteiger partial charge in [-0.2, -0.15) is 0 Å². The molecular formula is C21H27ClN2O6S. The lowest BCUT2D eigenvalue weighted by atomic mass is 10.1. The van der Waals surface area contributed by atoms with Gasteiger partial charge in [0.15, 0.2) is 11.5 Å². The van der Waals surface area contributed by atoms with Crippen molar-refractivity contribution in [1.29, 1.82) is 0 Å². The van der Waals surface area contributed by atoms with Gasteiger partial charge in [0.1, 0.15) is 0 Å². The predicted octanol–water partition coefficient (Wildman–Crippen LogP) is 2.91. The second-order valence-corrected chi connectivity index (χ2v) is 8.77. The van der Waals surface area contributed by atoms with Gasteiger partial charge in [-0.25, -0.2) is 13.1 Å². The van der Waals surface area contributed by atoms with E-state index in [1.165, 1.54) is 26.4 Å². The summed E-state index contributed by atoms with van der Waals surface area (Å²) < 4.78 is 42.9. The van der Waals surface area contributed by atoms with Crippen LogP contribution < -0.4 is 19.5 Å². The van der Waals surface area contributed by atoms with Gasteiger partial charge in [0.05, 0.1) is 30.2 Å². The normalized spacial score (nSPS) is 11.3. The lowest BCUT2D eigenvalue weighted by Crippen LogP contribution is -2.28. The Bertz CT molecular complexity index is 1030. The number of hydrogen-bond donors (Lipinski definition) is 2. The van der Waals surface area contributed by atoms with Crippen molar-refractivity contribution in [3.8, 4) is 11.5 Å². The minimum atomic E-state index is -3.76. The standard InChI is InChI=1S/C21H27ClN2O6S/c1-5-30-20-18(22)10-15(11-19(20)29-4)13-23-21(25)17-12-16(7-6-14(17)2)31(26,27)24-8-9-28-3/h6-7,10-12,24H,5,8-9,13H2,1-4H3,(H,23,25). The number of halogens is 1. The van der Waals surface area contributed by atoms with Gasteiger partial charge in [-0.05, 0) is 49.2 Å². The van der Waals surface area contributed by atoms with Crippen molar-refractivity contribution in [3.05, 3.63) is 52.0 Å². The molecule has 2 aromatic rings. The molecule has 170 valence electrons. The fourth-order valence-electron chi connectivity index (χ4n) is 2.81. The third-order valence-electron chi connectivity index (χ3n) is 4.39. The lowest BCUT2D eigenvalue weighted by molar-refractivity contribution is 0.0950. The van der Waals surface area contributed by atoms with Gasteiger partial charge in [0.25, 0.3) is 5.91 Å². The zero-order valence-electron chi connectivity index (χ0n) is 18.0. The van der Waals surface area contributed by atoms with E-state index in [2.05, 4.69) is 10.0 Å². The van der Waals surface area contributed by atoms with Crippen LogP contribution in [0.25, 0.3) is 0 Å². The van der Waals surface area contributed by atoms with E-state index in [0.29, 0.717) is 34.3 Å². The monoisotopic (exact) mass is 470 g/mol. The van der Waals surface area contributed by atoms with Crippen LogP contribution in [0, 0.1) is 6.92 Å². The van der Waals surface area contributed by atoms with Crippen molar-refractivity contribution in [2.45, 2.75) is 25.3 Å². The molecule has 0 heterocycles. The molecule has 31 heavy (non-hydrogen) atoms. The van der Waals surface area contributed by atoms with E-state index in [1.54, 1.807) is 25.1 Å². The zero-order chi connectivity index (χ0) is 23.0. The van der Waals surface area contributed by atoms with Crippen LogP contribution in [0.3, 0.4) is 0 Å². The molecule has 0 spiro atoms. The van der Waals surface area contributed by atoms with Gasteiger partial charge < -0.3 is 19.5 Å². The Morgan fingerprint density at radius 2 is 1.90 bits per heavy atom. The summed E-state index contributed by atoms with van der Waals surface area (Å²) in [5, 5.41) is 3.16. The Kier molecular flexibility index (Phi) is 9.12. The Morgan fingerprint density at radius 3 is 2.55 bits per heavy atom. The van der Waals surface area contributed by atoms with Crippen LogP contribution in [-0.2, 0) is 21.3 Å². The Morgan fingerprint density at radius 1 is 1.16 bits per heavy atom. The zero-order valence-corrected chi connectivity index (χ0v) is 19.5. The van der Waals surface area contributed by atoms with Crippen molar-refractivity contribution in [3.63, 3.8) is 0 Å². The number of carbonyl (C=O) groups excluding carboxylic acids is 1. The molecule has 1 amide bonds. The number of nitrogens with one attached hydrogen (secondary N) is 2. The summed E-state index contributed by atoms with van der Waals surface area (Å²) in [6.45, 7) is 4.56. The predicted molar refractivity (Wildman–Crippen MR) is 119 cm³/mol. The molecule has 0 unspecified atom stereocenters. The average Bonchev–Trinajstić information content (AvgIpc) is 2.73. The van der Waals surface area contributed by atoms with Crippen molar-refractivity contribution < 1.29 is 27.4 Å². The number of benzene rings is 2. The number of carbonyl (C=O) groups is 1. The molecule has 0 fully saturated rings. The molecule has 0 aliphatic carbocycles. The number of rotatable bonds is 11. The van der Waals surface area contributed by atoms with Crippen molar-refractivity contribution in [2.75, 3.05) is 34.0 Å². The molecule has 0 atom stereocenters. The van der Waals surface area contributed by atoms with E-state index in [-0.39, 0.29) is 30.2 Å². The lowest BCUT2D eigenvalue weighted by Gasteiger charge is -2.14. The van der Waals surface area contributed by atoms with Crippen molar-refractivity contribution >= 4 is 27.5 Å². The highest BCUT2D eigenvalue weighted by molar-refractivity contribution is 7.89. The summed E-state index contributed by atoms with van der Waals surface area (Å²) in [5.41, 5.74) is 1.62. The van der Waals surface area contributed by atoms with Crippen LogP contribution in [0.15, 0.2) is 35.2 Å². The van der Waals surface area contributed by atoms with E-state index >= 15 is 0 Å². The van der Waals surface area contributed by atoms with Crippen LogP contribution in [0.2, 0.25) is 5.02 Å². The summed E-state index contributed by atoms with van der Waals surface area (Å²) in [6.07, 6.45) is 0. The molecule has 0 aliphatic heterocycles. The minimum Gasteiger partial charge on any atom is -0.493 e. The number of ether oxygens (including phenoxy) is 3. The average molecular weight is 471 g/mol. The highest BCUT2D eigenvalue weighted by atomic mass is 35.5. The fraction of sp³-hybridized carbons (Fsp3) is 0.381. The molecule has 0 bridgehead atoms. The maximum atomic E-state index is 12.8. The van der Waals surface area contributed by atoms with E-state index in [0.717, 1.165) is 0 Å². The second kappa shape index (κ2) is 11.3. The SMILES string of the molecule is CCOc1c(Cl)cc(CNC(=O)c2cc(S(=O)(=O)NCCOC)ccc2C)cc1OC. The number of aryl methyl sites for hydroxylation is 1. The summed E-state index contributed by atoms with van der Waals surface area (Å²) in [6, 6.07) is 7.81. The van der Waals surface area contributed by atoms with Gasteiger partial charge in [-0.15, -0.1) is 0 Å². The topological polar surface area (TPSA) is 103 Å². The Hall–Kier alpha value is -2.33. The molecule has 0 radical (unpaired) electrons. The van der Waals surface area contributed by atoms with Crippen LogP contribution in [0.4, 0.5) is 0 Å². The molecule has 10 heteroatoms. The Balaban J connectivity index is 2.18. The van der Waals surface area contributed by atoms with Crippen molar-refractivity contribution in [1.82, 2.24) is 10.0 Å². The smallest absolute Gasteiger partial charge is 0.251 e. The highest BCUT2D eigenvalue weighted by Crippen LogP contribution is 2.36. The third kappa shape index (κ3) is 6.57. The van der Waals surface area contributed by atoms with Crippen LogP contribution >= 0.6 is 11.6 Å². The molecule has 2 rings (SSSR count). The summed E-state index contributed by atoms with van der Waals surface area (Å²) >= 11 is 6.27. The van der Waals surface area contributed by atoms with Gasteiger partial charge in [0, 0.05) is 25.8 Å².